The summed E-state index contributed by atoms with van der Waals surface area (Å²) in [6.45, 7) is 7.56. The first-order valence-electron chi connectivity index (χ1n) is 8.53. The molecule has 0 amide bonds. The lowest BCUT2D eigenvalue weighted by Crippen LogP contribution is -2.36. The summed E-state index contributed by atoms with van der Waals surface area (Å²) < 4.78 is 13.7. The van der Waals surface area contributed by atoms with E-state index in [-0.39, 0.29) is 22.5 Å². The summed E-state index contributed by atoms with van der Waals surface area (Å²) in [7, 11) is 0. The molecule has 1 aliphatic rings. The normalized spacial score (nSPS) is 17.5. The van der Waals surface area contributed by atoms with Crippen LogP contribution < -0.4 is 5.32 Å². The number of rotatable bonds is 2. The van der Waals surface area contributed by atoms with E-state index in [2.05, 4.69) is 42.1 Å². The van der Waals surface area contributed by atoms with Gasteiger partial charge in [0.1, 0.15) is 17.2 Å². The number of hydrogen-bond donors (Lipinski definition) is 3. The van der Waals surface area contributed by atoms with Crippen molar-refractivity contribution in [1.29, 1.82) is 0 Å². The molecular weight excluding hydrogens is 353 g/mol. The average Bonchev–Trinajstić information content (AvgIpc) is 3.15. The molecule has 3 N–H and O–H groups in total. The number of H-pyrrole nitrogens is 1. The van der Waals surface area contributed by atoms with Crippen LogP contribution in [0.1, 0.15) is 47.6 Å². The van der Waals surface area contributed by atoms with Crippen molar-refractivity contribution in [2.45, 2.75) is 33.2 Å². The molecule has 3 heterocycles. The number of nitrogens with one attached hydrogen (secondary N) is 2. The summed E-state index contributed by atoms with van der Waals surface area (Å²) >= 11 is 1.66. The summed E-state index contributed by atoms with van der Waals surface area (Å²) in [5.41, 5.74) is 1.94. The summed E-state index contributed by atoms with van der Waals surface area (Å²) in [6, 6.07) is 4.68. The molecular formula is C19H20FN3O2S. The molecule has 5 nitrogen and oxygen atoms in total. The maximum atomic E-state index is 13.7. The highest BCUT2D eigenvalue weighted by Gasteiger charge is 2.32. The fourth-order valence-corrected chi connectivity index (χ4v) is 4.98. The monoisotopic (exact) mass is 373 g/mol. The van der Waals surface area contributed by atoms with E-state index in [0.29, 0.717) is 11.3 Å². The van der Waals surface area contributed by atoms with E-state index in [1.807, 2.05) is 0 Å². The second-order valence-corrected chi connectivity index (χ2v) is 8.83. The zero-order valence-electron chi connectivity index (χ0n) is 14.8. The first-order valence-corrected chi connectivity index (χ1v) is 9.34. The Morgan fingerprint density at radius 1 is 1.35 bits per heavy atom. The van der Waals surface area contributed by atoms with Crippen molar-refractivity contribution in [3.05, 3.63) is 40.0 Å². The predicted octanol–water partition coefficient (Wildman–Crippen LogP) is 4.36. The molecule has 1 aliphatic heterocycles. The molecule has 2 aromatic heterocycles. The van der Waals surface area contributed by atoms with Gasteiger partial charge >= 0.3 is 5.97 Å². The van der Waals surface area contributed by atoms with E-state index < -0.39 is 11.8 Å². The Morgan fingerprint density at radius 2 is 2.12 bits per heavy atom. The summed E-state index contributed by atoms with van der Waals surface area (Å²) in [4.78, 5) is 21.2. The van der Waals surface area contributed by atoms with Crippen LogP contribution in [0.3, 0.4) is 0 Å². The number of aromatic amines is 1. The Balaban J connectivity index is 1.83. The fraction of sp³-hybridized carbons (Fsp3) is 0.368. The Morgan fingerprint density at radius 3 is 2.81 bits per heavy atom. The molecule has 26 heavy (non-hydrogen) atoms. The maximum absolute atomic E-state index is 13.7. The number of aromatic carboxylic acids is 1. The van der Waals surface area contributed by atoms with E-state index in [9.17, 15) is 14.3 Å². The first-order chi connectivity index (χ1) is 12.2. The number of aromatic nitrogens is 2. The van der Waals surface area contributed by atoms with Gasteiger partial charge in [-0.1, -0.05) is 20.8 Å². The van der Waals surface area contributed by atoms with Gasteiger partial charge in [0.15, 0.2) is 0 Å². The number of thiophene rings is 1. The molecule has 0 aliphatic carbocycles. The van der Waals surface area contributed by atoms with Crippen LogP contribution in [0.2, 0.25) is 0 Å². The predicted molar refractivity (Wildman–Crippen MR) is 100 cm³/mol. The third kappa shape index (κ3) is 2.81. The van der Waals surface area contributed by atoms with Gasteiger partial charge in [-0.25, -0.2) is 14.2 Å². The van der Waals surface area contributed by atoms with E-state index in [0.717, 1.165) is 23.9 Å². The van der Waals surface area contributed by atoms with Crippen molar-refractivity contribution in [3.8, 4) is 10.7 Å². The first kappa shape index (κ1) is 17.2. The van der Waals surface area contributed by atoms with Crippen LogP contribution in [0.15, 0.2) is 18.2 Å². The van der Waals surface area contributed by atoms with Crippen LogP contribution in [0.4, 0.5) is 4.39 Å². The number of carboxylic acid groups (broad SMARTS) is 1. The Bertz CT molecular complexity index is 1020. The zero-order chi connectivity index (χ0) is 18.6. The third-order valence-corrected chi connectivity index (χ3v) is 5.98. The minimum absolute atomic E-state index is 0.0881. The van der Waals surface area contributed by atoms with Crippen LogP contribution >= 0.6 is 11.3 Å². The molecule has 3 aromatic rings. The van der Waals surface area contributed by atoms with Gasteiger partial charge < -0.3 is 15.4 Å². The highest BCUT2D eigenvalue weighted by atomic mass is 32.1. The molecule has 7 heteroatoms. The van der Waals surface area contributed by atoms with Crippen LogP contribution in [0.25, 0.3) is 21.7 Å². The second kappa shape index (κ2) is 5.89. The van der Waals surface area contributed by atoms with Crippen molar-refractivity contribution >= 4 is 28.3 Å². The van der Waals surface area contributed by atoms with Gasteiger partial charge in [-0.2, -0.15) is 0 Å². The van der Waals surface area contributed by atoms with E-state index in [1.165, 1.54) is 16.5 Å². The number of imidazole rings is 1. The molecule has 1 aromatic carbocycles. The second-order valence-electron chi connectivity index (χ2n) is 7.74. The van der Waals surface area contributed by atoms with Crippen LogP contribution in [0.5, 0.6) is 0 Å². The largest absolute Gasteiger partial charge is 0.478 e. The van der Waals surface area contributed by atoms with Gasteiger partial charge in [0.05, 0.1) is 16.0 Å². The topological polar surface area (TPSA) is 78.0 Å². The van der Waals surface area contributed by atoms with Crippen molar-refractivity contribution < 1.29 is 14.3 Å². The Labute approximate surface area is 154 Å². The van der Waals surface area contributed by atoms with Crippen molar-refractivity contribution in [2.24, 2.45) is 5.41 Å². The molecule has 0 saturated heterocycles. The average molecular weight is 373 g/mol. The molecule has 1 unspecified atom stereocenters. The van der Waals surface area contributed by atoms with Crippen molar-refractivity contribution in [1.82, 2.24) is 15.3 Å². The molecule has 1 atom stereocenters. The number of benzene rings is 1. The molecule has 4 rings (SSSR count). The number of fused-ring (bicyclic) bond motifs is 2. The SMILES string of the molecule is CC(C)(C)C1NCCc2cc(-c3nc4c(C(=O)O)cc(F)cc4[nH]3)sc21. The number of hydrogen-bond acceptors (Lipinski definition) is 4. The molecule has 0 saturated carbocycles. The number of halogens is 1. The quantitative estimate of drug-likeness (QED) is 0.624. The Kier molecular flexibility index (Phi) is 3.89. The van der Waals surface area contributed by atoms with E-state index >= 15 is 0 Å². The molecule has 0 bridgehead atoms. The summed E-state index contributed by atoms with van der Waals surface area (Å²) in [5.74, 6) is -1.19. The van der Waals surface area contributed by atoms with Gasteiger partial charge in [-0.15, -0.1) is 11.3 Å². The third-order valence-electron chi connectivity index (χ3n) is 4.73. The van der Waals surface area contributed by atoms with Crippen LogP contribution in [-0.4, -0.2) is 27.6 Å². The van der Waals surface area contributed by atoms with Gasteiger partial charge in [0.25, 0.3) is 0 Å². The lowest BCUT2D eigenvalue weighted by Gasteiger charge is -2.34. The maximum Gasteiger partial charge on any atom is 0.338 e. The minimum Gasteiger partial charge on any atom is -0.478 e. The van der Waals surface area contributed by atoms with Crippen LogP contribution in [-0.2, 0) is 6.42 Å². The highest BCUT2D eigenvalue weighted by molar-refractivity contribution is 7.15. The summed E-state index contributed by atoms with van der Waals surface area (Å²) in [5, 5.41) is 12.9. The van der Waals surface area contributed by atoms with Gasteiger partial charge in [0, 0.05) is 10.9 Å². The molecule has 136 valence electrons. The van der Waals surface area contributed by atoms with Gasteiger partial charge in [0.2, 0.25) is 0 Å². The number of carbonyl (C=O) groups is 1. The standard InChI is InChI=1S/C19H20FN3O2S/c1-19(2,3)16-15-9(4-5-21-16)6-13(26-15)17-22-12-8-10(20)7-11(18(24)25)14(12)23-17/h6-8,16,21H,4-5H2,1-3H3,(H,22,23)(H,24,25). The molecule has 0 fully saturated rings. The lowest BCUT2D eigenvalue weighted by atomic mass is 9.82. The zero-order valence-corrected chi connectivity index (χ0v) is 15.6. The molecule has 0 spiro atoms. The van der Waals surface area contributed by atoms with Crippen LogP contribution in [0, 0.1) is 11.2 Å². The minimum atomic E-state index is -1.19. The molecule has 0 radical (unpaired) electrons. The smallest absolute Gasteiger partial charge is 0.338 e. The van der Waals surface area contributed by atoms with Crippen molar-refractivity contribution in [3.63, 3.8) is 0 Å². The number of carboxylic acids is 1. The Hall–Kier alpha value is -2.25. The fourth-order valence-electron chi connectivity index (χ4n) is 3.50. The summed E-state index contributed by atoms with van der Waals surface area (Å²) in [6.07, 6.45) is 0.952. The van der Waals surface area contributed by atoms with Gasteiger partial charge in [-0.3, -0.25) is 0 Å². The lowest BCUT2D eigenvalue weighted by molar-refractivity contribution is 0.0698. The number of nitrogens with zero attached hydrogens (tertiary/aromatic N) is 1. The van der Waals surface area contributed by atoms with E-state index in [4.69, 9.17) is 0 Å². The van der Waals surface area contributed by atoms with Gasteiger partial charge in [-0.05, 0) is 42.1 Å². The van der Waals surface area contributed by atoms with Crippen molar-refractivity contribution in [2.75, 3.05) is 6.54 Å². The van der Waals surface area contributed by atoms with E-state index in [1.54, 1.807) is 11.3 Å². The highest BCUT2D eigenvalue weighted by Crippen LogP contribution is 2.43.